The van der Waals surface area contributed by atoms with Crippen molar-refractivity contribution in [2.24, 2.45) is 0 Å². The number of hydrogen-bond donors (Lipinski definition) is 2. The SMILES string of the molecule is COCCC[S+]([O-])c1ccc(C(=N)C(=O)Nc2ncc(F)s2)cc1. The third-order valence-corrected chi connectivity index (χ3v) is 5.17. The molecule has 2 aromatic rings. The molecule has 1 aromatic carbocycles. The van der Waals surface area contributed by atoms with Gasteiger partial charge in [0.05, 0.1) is 12.8 Å². The van der Waals surface area contributed by atoms with Crippen molar-refractivity contribution < 1.29 is 18.5 Å². The Balaban J connectivity index is 1.96. The first-order valence-corrected chi connectivity index (χ1v) is 9.14. The van der Waals surface area contributed by atoms with Crippen LogP contribution in [0, 0.1) is 10.5 Å². The molecule has 0 fully saturated rings. The van der Waals surface area contributed by atoms with Crippen LogP contribution in [0.3, 0.4) is 0 Å². The molecule has 0 aliphatic carbocycles. The summed E-state index contributed by atoms with van der Waals surface area (Å²) in [6.45, 7) is 0.548. The van der Waals surface area contributed by atoms with E-state index in [1.54, 1.807) is 31.4 Å². The molecule has 2 N–H and O–H groups in total. The van der Waals surface area contributed by atoms with E-state index in [0.29, 0.717) is 40.6 Å². The summed E-state index contributed by atoms with van der Waals surface area (Å²) in [6, 6.07) is 6.38. The van der Waals surface area contributed by atoms with Crippen LogP contribution in [0.4, 0.5) is 9.52 Å². The molecule has 0 radical (unpaired) electrons. The van der Waals surface area contributed by atoms with Gasteiger partial charge < -0.3 is 9.29 Å². The molecule has 128 valence electrons. The smallest absolute Gasteiger partial charge is 0.275 e. The summed E-state index contributed by atoms with van der Waals surface area (Å²) < 4.78 is 29.8. The van der Waals surface area contributed by atoms with Crippen LogP contribution in [-0.2, 0) is 20.7 Å². The molecule has 24 heavy (non-hydrogen) atoms. The molecule has 0 aliphatic rings. The summed E-state index contributed by atoms with van der Waals surface area (Å²) in [4.78, 5) is 16.2. The number of anilines is 1. The number of carbonyl (C=O) groups is 1. The third-order valence-electron chi connectivity index (χ3n) is 3.01. The van der Waals surface area contributed by atoms with Crippen molar-refractivity contribution in [2.75, 3.05) is 24.8 Å². The Morgan fingerprint density at radius 3 is 2.75 bits per heavy atom. The average molecular weight is 369 g/mol. The average Bonchev–Trinajstić information content (AvgIpc) is 2.99. The number of ether oxygens (including phenoxy) is 1. The fourth-order valence-electron chi connectivity index (χ4n) is 1.83. The van der Waals surface area contributed by atoms with Gasteiger partial charge in [-0.1, -0.05) is 11.3 Å². The van der Waals surface area contributed by atoms with Crippen LogP contribution in [0.5, 0.6) is 0 Å². The Bertz CT molecular complexity index is 706. The minimum atomic E-state index is -1.15. The van der Waals surface area contributed by atoms with Gasteiger partial charge >= 0.3 is 0 Å². The topological polar surface area (TPSA) is 98.1 Å². The summed E-state index contributed by atoms with van der Waals surface area (Å²) >= 11 is -0.459. The van der Waals surface area contributed by atoms with Crippen LogP contribution in [0.1, 0.15) is 12.0 Å². The van der Waals surface area contributed by atoms with Crippen molar-refractivity contribution in [1.82, 2.24) is 4.98 Å². The van der Waals surface area contributed by atoms with Gasteiger partial charge in [0.2, 0.25) is 0 Å². The molecule has 1 aromatic heterocycles. The van der Waals surface area contributed by atoms with Crippen LogP contribution < -0.4 is 5.32 Å². The zero-order chi connectivity index (χ0) is 17.5. The van der Waals surface area contributed by atoms with E-state index in [2.05, 4.69) is 10.3 Å². The quantitative estimate of drug-likeness (QED) is 0.424. The number of thiazole rings is 1. The highest BCUT2D eigenvalue weighted by atomic mass is 32.2. The fourth-order valence-corrected chi connectivity index (χ4v) is 3.42. The molecule has 0 aliphatic heterocycles. The highest BCUT2D eigenvalue weighted by Crippen LogP contribution is 2.17. The van der Waals surface area contributed by atoms with E-state index < -0.39 is 22.2 Å². The van der Waals surface area contributed by atoms with Crippen LogP contribution in [0.15, 0.2) is 35.4 Å². The van der Waals surface area contributed by atoms with Gasteiger partial charge in [-0.15, -0.1) is 0 Å². The number of halogens is 1. The third kappa shape index (κ3) is 5.10. The predicted molar refractivity (Wildman–Crippen MR) is 91.7 cm³/mol. The Hall–Kier alpha value is -1.81. The first-order valence-electron chi connectivity index (χ1n) is 7.00. The Morgan fingerprint density at radius 1 is 1.46 bits per heavy atom. The molecule has 0 bridgehead atoms. The Labute approximate surface area is 145 Å². The minimum absolute atomic E-state index is 0.0955. The number of hydrogen-bond acceptors (Lipinski definition) is 6. The second-order valence-corrected chi connectivity index (χ2v) is 7.27. The number of nitrogens with zero attached hydrogens (tertiary/aromatic N) is 1. The van der Waals surface area contributed by atoms with Gasteiger partial charge in [0.15, 0.2) is 15.2 Å². The highest BCUT2D eigenvalue weighted by molar-refractivity contribution is 7.91. The van der Waals surface area contributed by atoms with Crippen molar-refractivity contribution >= 4 is 39.3 Å². The zero-order valence-corrected chi connectivity index (χ0v) is 14.5. The first-order chi connectivity index (χ1) is 11.5. The number of amides is 1. The Morgan fingerprint density at radius 2 is 2.17 bits per heavy atom. The van der Waals surface area contributed by atoms with Crippen molar-refractivity contribution in [3.05, 3.63) is 41.2 Å². The number of benzene rings is 1. The standard InChI is InChI=1S/C15H16FN3O3S2/c1-22-7-2-8-24(21)11-5-3-10(4-6-11)13(17)14(20)19-15-18-9-12(16)23-15/h3-6,9,17H,2,7-8H2,1H3,(H,18,19,20). The number of aromatic nitrogens is 1. The van der Waals surface area contributed by atoms with Crippen molar-refractivity contribution in [1.29, 1.82) is 5.41 Å². The van der Waals surface area contributed by atoms with Crippen LogP contribution >= 0.6 is 11.3 Å². The van der Waals surface area contributed by atoms with Crippen molar-refractivity contribution in [3.63, 3.8) is 0 Å². The largest absolute Gasteiger partial charge is 0.611 e. The van der Waals surface area contributed by atoms with Gasteiger partial charge in [-0.05, 0) is 35.4 Å². The molecule has 1 amide bonds. The van der Waals surface area contributed by atoms with Gasteiger partial charge in [0.25, 0.3) is 5.91 Å². The fraction of sp³-hybridized carbons (Fsp3) is 0.267. The van der Waals surface area contributed by atoms with Gasteiger partial charge in [-0.2, -0.15) is 4.39 Å². The van der Waals surface area contributed by atoms with Gasteiger partial charge in [0.1, 0.15) is 11.5 Å². The van der Waals surface area contributed by atoms with E-state index in [1.807, 2.05) is 0 Å². The van der Waals surface area contributed by atoms with E-state index in [4.69, 9.17) is 10.1 Å². The highest BCUT2D eigenvalue weighted by Gasteiger charge is 2.16. The molecule has 9 heteroatoms. The van der Waals surface area contributed by atoms with Crippen LogP contribution in [-0.4, -0.2) is 40.6 Å². The normalized spacial score (nSPS) is 12.0. The van der Waals surface area contributed by atoms with E-state index in [9.17, 15) is 13.7 Å². The lowest BCUT2D eigenvalue weighted by molar-refractivity contribution is -0.110. The summed E-state index contributed by atoms with van der Waals surface area (Å²) in [6.07, 6.45) is 1.69. The maximum atomic E-state index is 12.8. The van der Waals surface area contributed by atoms with Gasteiger partial charge in [-0.3, -0.25) is 15.5 Å². The molecule has 0 saturated carbocycles. The summed E-state index contributed by atoms with van der Waals surface area (Å²) in [5.41, 5.74) is 0.101. The summed E-state index contributed by atoms with van der Waals surface area (Å²) in [5, 5.41) is 9.83. The van der Waals surface area contributed by atoms with Gasteiger partial charge in [-0.25, -0.2) is 4.98 Å². The molecule has 0 spiro atoms. The monoisotopic (exact) mass is 369 g/mol. The maximum Gasteiger partial charge on any atom is 0.275 e. The molecule has 1 heterocycles. The van der Waals surface area contributed by atoms with Crippen LogP contribution in [0.25, 0.3) is 0 Å². The van der Waals surface area contributed by atoms with Crippen LogP contribution in [0.2, 0.25) is 0 Å². The van der Waals surface area contributed by atoms with E-state index >= 15 is 0 Å². The van der Waals surface area contributed by atoms with Crippen molar-refractivity contribution in [2.45, 2.75) is 11.3 Å². The predicted octanol–water partition coefficient (Wildman–Crippen LogP) is 2.43. The molecule has 0 saturated heterocycles. The second kappa shape index (κ2) is 8.88. The first kappa shape index (κ1) is 18.5. The molecule has 1 unspecified atom stereocenters. The molecule has 1 atom stereocenters. The van der Waals surface area contributed by atoms with Gasteiger partial charge in [0, 0.05) is 19.1 Å². The lowest BCUT2D eigenvalue weighted by atomic mass is 10.1. The molecule has 6 nitrogen and oxygen atoms in total. The number of nitrogens with one attached hydrogen (secondary N) is 2. The number of methoxy groups -OCH3 is 1. The summed E-state index contributed by atoms with van der Waals surface area (Å²) in [7, 11) is 1.59. The zero-order valence-electron chi connectivity index (χ0n) is 12.9. The second-order valence-electron chi connectivity index (χ2n) is 4.72. The Kier molecular flexibility index (Phi) is 6.85. The number of rotatable bonds is 8. The molecular weight excluding hydrogens is 353 g/mol. The maximum absolute atomic E-state index is 12.8. The van der Waals surface area contributed by atoms with E-state index in [1.165, 1.54) is 0 Å². The van der Waals surface area contributed by atoms with E-state index in [0.717, 1.165) is 6.20 Å². The molecule has 2 rings (SSSR count). The minimum Gasteiger partial charge on any atom is -0.611 e. The lowest BCUT2D eigenvalue weighted by Crippen LogP contribution is -2.22. The van der Waals surface area contributed by atoms with E-state index in [-0.39, 0.29) is 10.8 Å². The number of carbonyl (C=O) groups excluding carboxylic acids is 1. The lowest BCUT2D eigenvalue weighted by Gasteiger charge is -2.11. The summed E-state index contributed by atoms with van der Waals surface area (Å²) in [5.74, 6) is -0.195. The molecular formula is C15H16FN3O3S2. The van der Waals surface area contributed by atoms with Crippen molar-refractivity contribution in [3.8, 4) is 0 Å².